The van der Waals surface area contributed by atoms with Gasteiger partial charge in [-0.2, -0.15) is 0 Å². The third kappa shape index (κ3) is 5.89. The highest BCUT2D eigenvalue weighted by molar-refractivity contribution is 8.00. The average molecular weight is 439 g/mol. The monoisotopic (exact) mass is 439 g/mol. The van der Waals surface area contributed by atoms with Crippen LogP contribution in [0.15, 0.2) is 77.7 Å². The van der Waals surface area contributed by atoms with Crippen LogP contribution in [-0.4, -0.2) is 22.0 Å². The Morgan fingerprint density at radius 2 is 1.71 bits per heavy atom. The highest BCUT2D eigenvalue weighted by Crippen LogP contribution is 2.26. The number of nitrogens with zero attached hydrogens (tertiary/aromatic N) is 1. The fourth-order valence-electron chi connectivity index (χ4n) is 2.64. The number of nitro groups is 1. The van der Waals surface area contributed by atoms with Gasteiger partial charge in [-0.25, -0.2) is 4.39 Å². The van der Waals surface area contributed by atoms with Crippen molar-refractivity contribution in [3.8, 4) is 0 Å². The summed E-state index contributed by atoms with van der Waals surface area (Å²) >= 11 is 1.28. The number of amides is 2. The summed E-state index contributed by atoms with van der Waals surface area (Å²) in [6, 6.07) is 18.2. The van der Waals surface area contributed by atoms with Crippen LogP contribution >= 0.6 is 11.8 Å². The highest BCUT2D eigenvalue weighted by atomic mass is 32.2. The van der Waals surface area contributed by atoms with Crippen molar-refractivity contribution in [2.75, 3.05) is 10.6 Å². The van der Waals surface area contributed by atoms with Gasteiger partial charge >= 0.3 is 0 Å². The number of benzene rings is 3. The van der Waals surface area contributed by atoms with Gasteiger partial charge < -0.3 is 10.6 Å². The summed E-state index contributed by atoms with van der Waals surface area (Å²) < 4.78 is 13.7. The van der Waals surface area contributed by atoms with Gasteiger partial charge in [0.05, 0.1) is 15.9 Å². The molecule has 31 heavy (non-hydrogen) atoms. The minimum absolute atomic E-state index is 0.124. The fraction of sp³-hybridized carbons (Fsp3) is 0.0909. The Morgan fingerprint density at radius 3 is 2.39 bits per heavy atom. The summed E-state index contributed by atoms with van der Waals surface area (Å²) in [6.07, 6.45) is 0. The minimum Gasteiger partial charge on any atom is -0.323 e. The lowest BCUT2D eigenvalue weighted by Gasteiger charge is -2.13. The number of nitro benzene ring substituents is 1. The number of nitrogens with one attached hydrogen (secondary N) is 2. The van der Waals surface area contributed by atoms with Crippen LogP contribution in [0.5, 0.6) is 0 Å². The standard InChI is InChI=1S/C22H18FN3O4S/c1-14(21(27)25-20-8-3-2-7-19(20)23)31-18-11-9-16(10-12-18)24-22(28)15-5-4-6-17(13-15)26(29)30/h2-14H,1H3,(H,24,28)(H,25,27). The first-order valence-corrected chi connectivity index (χ1v) is 10.1. The van der Waals surface area contributed by atoms with Crippen molar-refractivity contribution < 1.29 is 18.9 Å². The molecule has 2 N–H and O–H groups in total. The molecule has 1 atom stereocenters. The predicted octanol–water partition coefficient (Wildman–Crippen LogP) is 5.11. The maximum Gasteiger partial charge on any atom is 0.270 e. The number of para-hydroxylation sites is 1. The first-order chi connectivity index (χ1) is 14.8. The van der Waals surface area contributed by atoms with Crippen LogP contribution < -0.4 is 10.6 Å². The smallest absolute Gasteiger partial charge is 0.270 e. The molecule has 0 heterocycles. The molecule has 0 saturated carbocycles. The number of halogens is 1. The maximum atomic E-state index is 13.7. The average Bonchev–Trinajstić information content (AvgIpc) is 2.76. The van der Waals surface area contributed by atoms with Gasteiger partial charge in [-0.15, -0.1) is 11.8 Å². The van der Waals surface area contributed by atoms with Gasteiger partial charge in [-0.1, -0.05) is 18.2 Å². The summed E-state index contributed by atoms with van der Waals surface area (Å²) in [5.41, 5.74) is 0.636. The van der Waals surface area contributed by atoms with E-state index in [1.165, 1.54) is 48.2 Å². The number of anilines is 2. The molecule has 3 rings (SSSR count). The Kier molecular flexibility index (Phi) is 6.99. The second-order valence-electron chi connectivity index (χ2n) is 6.52. The van der Waals surface area contributed by atoms with Crippen molar-refractivity contribution in [2.24, 2.45) is 0 Å². The van der Waals surface area contributed by atoms with Gasteiger partial charge in [0.1, 0.15) is 5.82 Å². The fourth-order valence-corrected chi connectivity index (χ4v) is 3.50. The molecule has 0 fully saturated rings. The van der Waals surface area contributed by atoms with E-state index in [0.717, 1.165) is 4.90 Å². The van der Waals surface area contributed by atoms with E-state index in [4.69, 9.17) is 0 Å². The van der Waals surface area contributed by atoms with E-state index < -0.39 is 21.9 Å². The highest BCUT2D eigenvalue weighted by Gasteiger charge is 2.16. The zero-order valence-electron chi connectivity index (χ0n) is 16.4. The minimum atomic E-state index is -0.563. The van der Waals surface area contributed by atoms with Gasteiger partial charge in [-0.05, 0) is 49.4 Å². The van der Waals surface area contributed by atoms with Crippen LogP contribution in [0.1, 0.15) is 17.3 Å². The molecule has 0 saturated heterocycles. The van der Waals surface area contributed by atoms with Crippen LogP contribution in [0.3, 0.4) is 0 Å². The van der Waals surface area contributed by atoms with Crippen molar-refractivity contribution in [2.45, 2.75) is 17.1 Å². The number of non-ortho nitro benzene ring substituents is 1. The third-order valence-corrected chi connectivity index (χ3v) is 5.36. The molecular formula is C22H18FN3O4S. The SMILES string of the molecule is CC(Sc1ccc(NC(=O)c2cccc([N+](=O)[O-])c2)cc1)C(=O)Nc1ccccc1F. The van der Waals surface area contributed by atoms with Gasteiger partial charge in [0, 0.05) is 28.3 Å². The van der Waals surface area contributed by atoms with E-state index >= 15 is 0 Å². The lowest BCUT2D eigenvalue weighted by Crippen LogP contribution is -2.22. The molecule has 9 heteroatoms. The summed E-state index contributed by atoms with van der Waals surface area (Å²) in [6.45, 7) is 1.71. The molecule has 0 aliphatic rings. The number of carbonyl (C=O) groups is 2. The van der Waals surface area contributed by atoms with Crippen LogP contribution in [0.4, 0.5) is 21.5 Å². The lowest BCUT2D eigenvalue weighted by molar-refractivity contribution is -0.384. The molecule has 3 aromatic rings. The molecule has 0 aliphatic heterocycles. The summed E-state index contributed by atoms with van der Waals surface area (Å²) in [7, 11) is 0. The molecule has 2 amide bonds. The van der Waals surface area contributed by atoms with Gasteiger partial charge in [-0.3, -0.25) is 19.7 Å². The third-order valence-electron chi connectivity index (χ3n) is 4.25. The van der Waals surface area contributed by atoms with Crippen molar-refractivity contribution in [1.82, 2.24) is 0 Å². The van der Waals surface area contributed by atoms with Gasteiger partial charge in [0.25, 0.3) is 11.6 Å². The lowest BCUT2D eigenvalue weighted by atomic mass is 10.2. The maximum absolute atomic E-state index is 13.7. The van der Waals surface area contributed by atoms with Crippen molar-refractivity contribution in [3.05, 3.63) is 94.3 Å². The summed E-state index contributed by atoms with van der Waals surface area (Å²) in [5, 5.41) is 15.6. The summed E-state index contributed by atoms with van der Waals surface area (Å²) in [5.74, 6) is -1.31. The molecule has 0 spiro atoms. The summed E-state index contributed by atoms with van der Waals surface area (Å²) in [4.78, 5) is 35.7. The van der Waals surface area contributed by atoms with E-state index in [1.807, 2.05) is 0 Å². The molecule has 0 bridgehead atoms. The zero-order chi connectivity index (χ0) is 22.4. The Balaban J connectivity index is 1.59. The quantitative estimate of drug-likeness (QED) is 0.303. The molecule has 0 radical (unpaired) electrons. The second-order valence-corrected chi connectivity index (χ2v) is 7.93. The van der Waals surface area contributed by atoms with Gasteiger partial charge in [0.15, 0.2) is 0 Å². The largest absolute Gasteiger partial charge is 0.323 e. The van der Waals surface area contributed by atoms with Crippen molar-refractivity contribution in [1.29, 1.82) is 0 Å². The zero-order valence-corrected chi connectivity index (χ0v) is 17.2. The first kappa shape index (κ1) is 22.0. The Morgan fingerprint density at radius 1 is 1.00 bits per heavy atom. The van der Waals surface area contributed by atoms with E-state index in [1.54, 1.807) is 43.3 Å². The molecule has 0 aromatic heterocycles. The van der Waals surface area contributed by atoms with Crippen molar-refractivity contribution in [3.63, 3.8) is 0 Å². The molecule has 0 aliphatic carbocycles. The van der Waals surface area contributed by atoms with Crippen LogP contribution in [0, 0.1) is 15.9 Å². The molecule has 1 unspecified atom stereocenters. The van der Waals surface area contributed by atoms with Crippen LogP contribution in [0.2, 0.25) is 0 Å². The Hall–Kier alpha value is -3.72. The molecule has 3 aromatic carbocycles. The number of rotatable bonds is 7. The topological polar surface area (TPSA) is 101 Å². The molecular weight excluding hydrogens is 421 g/mol. The Labute approximate surface area is 181 Å². The van der Waals surface area contributed by atoms with E-state index in [0.29, 0.717) is 5.69 Å². The first-order valence-electron chi connectivity index (χ1n) is 9.21. The van der Waals surface area contributed by atoms with E-state index in [2.05, 4.69) is 10.6 Å². The van der Waals surface area contributed by atoms with Crippen LogP contribution in [-0.2, 0) is 4.79 Å². The van der Waals surface area contributed by atoms with Gasteiger partial charge in [0.2, 0.25) is 5.91 Å². The second kappa shape index (κ2) is 9.86. The molecule has 158 valence electrons. The normalized spacial score (nSPS) is 11.4. The number of thioether (sulfide) groups is 1. The molecule has 7 nitrogen and oxygen atoms in total. The van der Waals surface area contributed by atoms with Crippen LogP contribution in [0.25, 0.3) is 0 Å². The number of carbonyl (C=O) groups excluding carboxylic acids is 2. The Bertz CT molecular complexity index is 1120. The van der Waals surface area contributed by atoms with Crippen molar-refractivity contribution >= 4 is 40.6 Å². The predicted molar refractivity (Wildman–Crippen MR) is 118 cm³/mol. The number of hydrogen-bond acceptors (Lipinski definition) is 5. The number of hydrogen-bond donors (Lipinski definition) is 2. The van der Waals surface area contributed by atoms with E-state index in [9.17, 15) is 24.1 Å². The van der Waals surface area contributed by atoms with E-state index in [-0.39, 0.29) is 22.8 Å².